The third-order valence-electron chi connectivity index (χ3n) is 4.97. The molecule has 0 unspecified atom stereocenters. The number of rotatable bonds is 4. The summed E-state index contributed by atoms with van der Waals surface area (Å²) < 4.78 is 12.1. The molecule has 136 valence electrons. The van der Waals surface area contributed by atoms with Gasteiger partial charge in [0, 0.05) is 63.6 Å². The molecule has 1 aromatic heterocycles. The monoisotopic (exact) mass is 346 g/mol. The SMILES string of the molecule is CN=C(N/C=C/F)Nc1ccc2c(n1)CCN(C1CN(C(C)C)C1)C2. The van der Waals surface area contributed by atoms with Crippen LogP contribution in [0.1, 0.15) is 25.1 Å². The number of aliphatic imine (C=N–C) groups is 1. The van der Waals surface area contributed by atoms with Gasteiger partial charge in [0.2, 0.25) is 5.96 Å². The third kappa shape index (κ3) is 4.16. The zero-order chi connectivity index (χ0) is 17.8. The number of aromatic nitrogens is 1. The molecule has 3 rings (SSSR count). The molecule has 3 heterocycles. The third-order valence-corrected chi connectivity index (χ3v) is 4.97. The van der Waals surface area contributed by atoms with Gasteiger partial charge < -0.3 is 10.6 Å². The van der Waals surface area contributed by atoms with Crippen molar-refractivity contribution in [1.29, 1.82) is 0 Å². The maximum absolute atomic E-state index is 12.1. The molecular weight excluding hydrogens is 319 g/mol. The molecule has 1 aromatic rings. The van der Waals surface area contributed by atoms with Crippen LogP contribution < -0.4 is 10.6 Å². The lowest BCUT2D eigenvalue weighted by Crippen LogP contribution is -2.61. The van der Waals surface area contributed by atoms with E-state index in [0.717, 1.165) is 31.0 Å². The van der Waals surface area contributed by atoms with Gasteiger partial charge in [-0.15, -0.1) is 0 Å². The van der Waals surface area contributed by atoms with Crippen LogP contribution >= 0.6 is 0 Å². The van der Waals surface area contributed by atoms with Crippen LogP contribution in [-0.4, -0.2) is 59.5 Å². The number of likely N-dealkylation sites (tertiary alicyclic amines) is 1. The Kier molecular flexibility index (Phi) is 5.65. The Morgan fingerprint density at radius 3 is 2.88 bits per heavy atom. The number of fused-ring (bicyclic) bond motifs is 1. The average Bonchev–Trinajstić information content (AvgIpc) is 2.56. The Labute approximate surface area is 148 Å². The van der Waals surface area contributed by atoms with Crippen LogP contribution in [0.3, 0.4) is 0 Å². The maximum Gasteiger partial charge on any atom is 0.200 e. The van der Waals surface area contributed by atoms with E-state index in [0.29, 0.717) is 24.4 Å². The van der Waals surface area contributed by atoms with Gasteiger partial charge in [0.25, 0.3) is 0 Å². The molecule has 0 amide bonds. The van der Waals surface area contributed by atoms with Crippen LogP contribution in [0.2, 0.25) is 0 Å². The molecule has 0 atom stereocenters. The summed E-state index contributed by atoms with van der Waals surface area (Å²) in [5.41, 5.74) is 2.43. The summed E-state index contributed by atoms with van der Waals surface area (Å²) in [4.78, 5) is 13.8. The van der Waals surface area contributed by atoms with Crippen LogP contribution in [0.4, 0.5) is 10.2 Å². The minimum atomic E-state index is 0.433. The van der Waals surface area contributed by atoms with Gasteiger partial charge in [-0.25, -0.2) is 9.37 Å². The lowest BCUT2D eigenvalue weighted by Gasteiger charge is -2.48. The first kappa shape index (κ1) is 17.8. The first-order valence-corrected chi connectivity index (χ1v) is 8.83. The van der Waals surface area contributed by atoms with E-state index in [1.165, 1.54) is 24.9 Å². The molecule has 0 bridgehead atoms. The normalized spacial score (nSPS) is 20.0. The summed E-state index contributed by atoms with van der Waals surface area (Å²) in [6.45, 7) is 8.88. The van der Waals surface area contributed by atoms with E-state index < -0.39 is 0 Å². The maximum atomic E-state index is 12.1. The molecule has 0 saturated carbocycles. The van der Waals surface area contributed by atoms with E-state index in [2.05, 4.69) is 45.3 Å². The molecule has 0 aromatic carbocycles. The van der Waals surface area contributed by atoms with Crippen LogP contribution in [0.5, 0.6) is 0 Å². The second-order valence-electron chi connectivity index (χ2n) is 6.86. The highest BCUT2D eigenvalue weighted by molar-refractivity contribution is 5.93. The zero-order valence-electron chi connectivity index (χ0n) is 15.2. The first-order chi connectivity index (χ1) is 12.1. The molecule has 2 N–H and O–H groups in total. The fourth-order valence-corrected chi connectivity index (χ4v) is 3.35. The van der Waals surface area contributed by atoms with Crippen molar-refractivity contribution in [2.45, 2.75) is 38.9 Å². The second-order valence-corrected chi connectivity index (χ2v) is 6.86. The fourth-order valence-electron chi connectivity index (χ4n) is 3.35. The predicted molar refractivity (Wildman–Crippen MR) is 99.2 cm³/mol. The largest absolute Gasteiger partial charge is 0.330 e. The topological polar surface area (TPSA) is 55.8 Å². The van der Waals surface area contributed by atoms with Crippen LogP contribution in [0, 0.1) is 0 Å². The summed E-state index contributed by atoms with van der Waals surface area (Å²) >= 11 is 0. The molecule has 1 fully saturated rings. The molecule has 2 aliphatic heterocycles. The number of nitrogens with zero attached hydrogens (tertiary/aromatic N) is 4. The van der Waals surface area contributed by atoms with Crippen molar-refractivity contribution in [3.05, 3.63) is 35.9 Å². The van der Waals surface area contributed by atoms with Gasteiger partial charge in [-0.2, -0.15) is 0 Å². The quantitative estimate of drug-likeness (QED) is 0.645. The van der Waals surface area contributed by atoms with E-state index in [4.69, 9.17) is 4.98 Å². The summed E-state index contributed by atoms with van der Waals surface area (Å²) in [6, 6.07) is 5.39. The van der Waals surface area contributed by atoms with Crippen LogP contribution in [0.25, 0.3) is 0 Å². The smallest absolute Gasteiger partial charge is 0.200 e. The molecule has 25 heavy (non-hydrogen) atoms. The lowest BCUT2D eigenvalue weighted by molar-refractivity contribution is 0.00685. The molecule has 0 aliphatic carbocycles. The average molecular weight is 346 g/mol. The van der Waals surface area contributed by atoms with E-state index in [1.54, 1.807) is 7.05 Å². The predicted octanol–water partition coefficient (Wildman–Crippen LogP) is 1.96. The fraction of sp³-hybridized carbons (Fsp3) is 0.556. The van der Waals surface area contributed by atoms with Gasteiger partial charge in [0.1, 0.15) is 12.1 Å². The Hall–Kier alpha value is -1.99. The van der Waals surface area contributed by atoms with Gasteiger partial charge >= 0.3 is 0 Å². The highest BCUT2D eigenvalue weighted by atomic mass is 19.1. The van der Waals surface area contributed by atoms with Gasteiger partial charge in [0.05, 0.1) is 0 Å². The minimum Gasteiger partial charge on any atom is -0.330 e. The number of hydrogen-bond acceptors (Lipinski definition) is 4. The number of halogens is 1. The Morgan fingerprint density at radius 1 is 1.40 bits per heavy atom. The van der Waals surface area contributed by atoms with Gasteiger partial charge in [-0.1, -0.05) is 6.07 Å². The molecule has 2 aliphatic rings. The lowest BCUT2D eigenvalue weighted by atomic mass is 9.99. The Balaban J connectivity index is 1.60. The molecule has 0 spiro atoms. The van der Waals surface area contributed by atoms with Gasteiger partial charge in [-0.05, 0) is 25.5 Å². The number of hydrogen-bond donors (Lipinski definition) is 2. The van der Waals surface area contributed by atoms with E-state index in [9.17, 15) is 4.39 Å². The molecule has 1 saturated heterocycles. The molecular formula is C18H27FN6. The molecule has 7 heteroatoms. The summed E-state index contributed by atoms with van der Waals surface area (Å²) in [6.07, 6.45) is 2.58. The summed E-state index contributed by atoms with van der Waals surface area (Å²) in [5.74, 6) is 1.18. The van der Waals surface area contributed by atoms with Crippen molar-refractivity contribution in [2.24, 2.45) is 4.99 Å². The summed E-state index contributed by atoms with van der Waals surface area (Å²) in [7, 11) is 1.64. The highest BCUT2D eigenvalue weighted by Gasteiger charge is 2.34. The van der Waals surface area contributed by atoms with Gasteiger partial charge in [0.15, 0.2) is 0 Å². The standard InChI is InChI=1S/C18H27FN6/c1-13(2)25-11-15(12-25)24-9-6-16-14(10-24)4-5-17(22-16)23-18(20-3)21-8-7-19/h4-5,7-8,13,15H,6,9-12H2,1-3H3,(H2,20,21,22,23)/b8-7+. The van der Waals surface area contributed by atoms with E-state index >= 15 is 0 Å². The summed E-state index contributed by atoms with van der Waals surface area (Å²) in [5, 5.41) is 5.81. The Morgan fingerprint density at radius 2 is 2.20 bits per heavy atom. The van der Waals surface area contributed by atoms with Crippen molar-refractivity contribution in [1.82, 2.24) is 20.1 Å². The number of nitrogens with one attached hydrogen (secondary N) is 2. The van der Waals surface area contributed by atoms with Crippen molar-refractivity contribution >= 4 is 11.8 Å². The van der Waals surface area contributed by atoms with Gasteiger partial charge in [-0.3, -0.25) is 14.8 Å². The molecule has 0 radical (unpaired) electrons. The van der Waals surface area contributed by atoms with Crippen molar-refractivity contribution < 1.29 is 4.39 Å². The number of pyridine rings is 1. The van der Waals surface area contributed by atoms with Crippen LogP contribution in [0.15, 0.2) is 29.7 Å². The van der Waals surface area contributed by atoms with Crippen molar-refractivity contribution in [3.63, 3.8) is 0 Å². The van der Waals surface area contributed by atoms with E-state index in [1.807, 2.05) is 6.07 Å². The highest BCUT2D eigenvalue weighted by Crippen LogP contribution is 2.25. The second kappa shape index (κ2) is 7.93. The number of anilines is 1. The minimum absolute atomic E-state index is 0.433. The van der Waals surface area contributed by atoms with Crippen molar-refractivity contribution in [2.75, 3.05) is 32.0 Å². The van der Waals surface area contributed by atoms with Crippen molar-refractivity contribution in [3.8, 4) is 0 Å². The van der Waals surface area contributed by atoms with E-state index in [-0.39, 0.29) is 0 Å². The molecule has 6 nitrogen and oxygen atoms in total. The van der Waals surface area contributed by atoms with Crippen LogP contribution in [-0.2, 0) is 13.0 Å². The zero-order valence-corrected chi connectivity index (χ0v) is 15.2. The number of guanidine groups is 1. The Bertz CT molecular complexity index is 651. The first-order valence-electron chi connectivity index (χ1n) is 8.83.